The van der Waals surface area contributed by atoms with E-state index >= 15 is 0 Å². The molecule has 0 saturated carbocycles. The Morgan fingerprint density at radius 2 is 0.657 bits per heavy atom. The molecule has 41 nitrogen and oxygen atoms in total. The van der Waals surface area contributed by atoms with E-state index in [-0.39, 0.29) is 159 Å². The van der Waals surface area contributed by atoms with E-state index < -0.39 is 151 Å². The van der Waals surface area contributed by atoms with Crippen molar-refractivity contribution in [2.45, 2.75) is 176 Å². The highest BCUT2D eigenvalue weighted by Crippen LogP contribution is 2.14. The zero-order valence-electron chi connectivity index (χ0n) is 55.7. The van der Waals surface area contributed by atoms with E-state index in [9.17, 15) is 63.0 Å². The molecule has 0 spiro atoms. The minimum Gasteiger partial charge on any atom is -0.508 e. The van der Waals surface area contributed by atoms with Gasteiger partial charge < -0.3 is 136 Å². The lowest BCUT2D eigenvalue weighted by molar-refractivity contribution is -0.141. The first-order valence-corrected chi connectivity index (χ1v) is 32.4. The average molecular weight is 1400 g/mol. The Morgan fingerprint density at radius 3 is 0.960 bits per heavy atom. The number of nitrogens with two attached hydrogens (primary N) is 9. The molecule has 10 amide bonds. The van der Waals surface area contributed by atoms with Crippen LogP contribution in [0.15, 0.2) is 24.3 Å². The van der Waals surface area contributed by atoms with Crippen molar-refractivity contribution >= 4 is 94.8 Å². The average Bonchev–Trinajstić information content (AvgIpc) is 0.881. The number of aliphatic carboxylic acids is 1. The summed E-state index contributed by atoms with van der Waals surface area (Å²) in [6.45, 7) is -0.0532. The molecule has 556 valence electrons. The maximum atomic E-state index is 14.7. The second-order valence-electron chi connectivity index (χ2n) is 23.1. The number of carbonyl (C=O) groups excluding carboxylic acids is 10. The summed E-state index contributed by atoms with van der Waals surface area (Å²) in [5.41, 5.74) is 50.9. The third-order valence-corrected chi connectivity index (χ3v) is 14.7. The van der Waals surface area contributed by atoms with Crippen molar-refractivity contribution in [2.24, 2.45) is 51.6 Å². The van der Waals surface area contributed by atoms with Crippen molar-refractivity contribution < 1.29 is 63.0 Å². The monoisotopic (exact) mass is 1400 g/mol. The smallest absolute Gasteiger partial charge is 0.326 e. The fraction of sp³-hybridized carbons (Fsp3) is 0.621. The summed E-state index contributed by atoms with van der Waals surface area (Å²) >= 11 is 0. The predicted molar refractivity (Wildman–Crippen MR) is 366 cm³/mol. The molecular weight excluding hydrogens is 1300 g/mol. The van der Waals surface area contributed by atoms with E-state index in [1.807, 2.05) is 0 Å². The fourth-order valence-electron chi connectivity index (χ4n) is 9.46. The van der Waals surface area contributed by atoms with Gasteiger partial charge in [0, 0.05) is 45.6 Å². The topological polar surface area (TPSA) is 750 Å². The SMILES string of the molecule is N=C(N)NCCC[C@H](NC(=O)[C@H](CCCCN)NC(=O)[C@H](CCCCN)NC(=O)[C@H](CCCNC(=N)N)NC(=O)[C@H](CCCNC(=N)N)NC(=O)[C@H](CCC(N)=O)NC(=O)[C@H](CCCNC(=N)N)NC(=O)[C@@H](N)CCCNC(=N)N)C(=O)NCC(=O)N[C@@H](Cc1ccc(O)cc1)C(=O)O. The number of hydrogen-bond acceptors (Lipinski definition) is 20. The minimum atomic E-state index is -1.62. The van der Waals surface area contributed by atoms with Gasteiger partial charge in [-0.2, -0.15) is 0 Å². The highest BCUT2D eigenvalue weighted by molar-refractivity contribution is 5.98. The molecule has 1 aromatic rings. The van der Waals surface area contributed by atoms with Crippen molar-refractivity contribution in [3.05, 3.63) is 29.8 Å². The van der Waals surface area contributed by atoms with E-state index in [0.29, 0.717) is 24.8 Å². The van der Waals surface area contributed by atoms with Crippen molar-refractivity contribution in [2.75, 3.05) is 52.4 Å². The van der Waals surface area contributed by atoms with Crippen LogP contribution in [0.3, 0.4) is 0 Å². The van der Waals surface area contributed by atoms with Gasteiger partial charge in [-0.25, -0.2) is 4.79 Å². The molecule has 0 fully saturated rings. The van der Waals surface area contributed by atoms with Crippen molar-refractivity contribution in [3.8, 4) is 5.75 Å². The molecule has 9 atom stereocenters. The molecule has 0 aliphatic heterocycles. The van der Waals surface area contributed by atoms with E-state index in [1.165, 1.54) is 24.3 Å². The zero-order valence-corrected chi connectivity index (χ0v) is 55.7. The molecule has 0 heterocycles. The minimum absolute atomic E-state index is 0.000930. The Bertz CT molecular complexity index is 2840. The van der Waals surface area contributed by atoms with E-state index in [4.69, 9.17) is 78.6 Å². The summed E-state index contributed by atoms with van der Waals surface area (Å²) in [5.74, 6) is -12.5. The lowest BCUT2D eigenvalue weighted by Gasteiger charge is -2.28. The van der Waals surface area contributed by atoms with Crippen LogP contribution in [0.25, 0.3) is 0 Å². The van der Waals surface area contributed by atoms with E-state index in [1.54, 1.807) is 0 Å². The molecule has 1 rings (SSSR count). The van der Waals surface area contributed by atoms with Gasteiger partial charge in [-0.15, -0.1) is 0 Å². The molecule has 41 heteroatoms. The number of phenolic OH excluding ortho intramolecular Hbond substituents is 1. The number of phenols is 1. The Balaban J connectivity index is 3.74. The third kappa shape index (κ3) is 39.9. The number of unbranched alkanes of at least 4 members (excludes halogenated alkanes) is 2. The fourth-order valence-corrected chi connectivity index (χ4v) is 9.46. The number of carboxylic acid groups (broad SMARTS) is 1. The number of hydrogen-bond donors (Lipinski definition) is 30. The molecule has 0 bridgehead atoms. The molecule has 0 aliphatic carbocycles. The second kappa shape index (κ2) is 49.0. The number of primary amides is 1. The van der Waals surface area contributed by atoms with Crippen LogP contribution in [0.2, 0.25) is 0 Å². The van der Waals surface area contributed by atoms with Crippen molar-refractivity contribution in [1.82, 2.24) is 74.4 Å². The van der Waals surface area contributed by atoms with Crippen LogP contribution in [0.5, 0.6) is 5.75 Å². The van der Waals surface area contributed by atoms with Gasteiger partial charge in [-0.1, -0.05) is 12.1 Å². The van der Waals surface area contributed by atoms with E-state index in [0.717, 1.165) is 0 Å². The number of benzene rings is 1. The number of carboxylic acids is 1. The summed E-state index contributed by atoms with van der Waals surface area (Å²) in [6, 6.07) is -7.35. The summed E-state index contributed by atoms with van der Waals surface area (Å²) < 4.78 is 0. The van der Waals surface area contributed by atoms with Crippen LogP contribution < -0.4 is 126 Å². The Labute approximate surface area is 573 Å². The highest BCUT2D eigenvalue weighted by Gasteiger charge is 2.35. The number of nitrogens with one attached hydrogen (secondary N) is 19. The Morgan fingerprint density at radius 1 is 0.364 bits per heavy atom. The lowest BCUT2D eigenvalue weighted by Crippen LogP contribution is -2.60. The molecule has 1 aromatic carbocycles. The largest absolute Gasteiger partial charge is 0.508 e. The van der Waals surface area contributed by atoms with Gasteiger partial charge in [0.2, 0.25) is 59.1 Å². The van der Waals surface area contributed by atoms with Gasteiger partial charge in [0.25, 0.3) is 0 Å². The lowest BCUT2D eigenvalue weighted by atomic mass is 10.0. The highest BCUT2D eigenvalue weighted by atomic mass is 16.4. The first kappa shape index (κ1) is 86.4. The van der Waals surface area contributed by atoms with Gasteiger partial charge in [-0.3, -0.25) is 75.0 Å². The molecule has 0 unspecified atom stereocenters. The van der Waals surface area contributed by atoms with E-state index in [2.05, 4.69) is 74.4 Å². The molecule has 99 heavy (non-hydrogen) atoms. The number of guanidine groups is 5. The Hall–Kier alpha value is -10.6. The standard InChI is InChI=1S/C58H106N28O13/c59-23-3-1-11-36(47(92)81-35(13-6-26-74-55(65)66)46(91)78-31-44(89)79-42(53(98)99)30-32-17-19-33(87)20-18-32)82-48(93)37(12-2-4-24-60)83-50(95)39(15-8-28-76-57(69)70)84-51(96)40(16-9-29-77-58(71)72)85-52(97)41(21-22-43(62)88)86-49(94)38(14-7-27-75-56(67)68)80-45(90)34(61)10-5-25-73-54(63)64/h17-20,34-42,87H,1-16,21-31,59-61H2,(H2,62,88)(H,78,91)(H,79,89)(H,80,90)(H,81,92)(H,82,93)(H,83,95)(H,84,96)(H,85,97)(H,86,94)(H,98,99)(H4,63,64,73)(H4,65,66,74)(H4,67,68,75)(H4,69,70,76)(H4,71,72,77)/t34-,35-,36-,37-,38-,39-,40-,41-,42-/m0/s1. The van der Waals surface area contributed by atoms with Gasteiger partial charge in [0.05, 0.1) is 12.6 Å². The van der Waals surface area contributed by atoms with Crippen LogP contribution in [-0.2, 0) is 59.2 Å². The molecule has 0 saturated heterocycles. The van der Waals surface area contributed by atoms with Gasteiger partial charge >= 0.3 is 5.97 Å². The van der Waals surface area contributed by atoms with Gasteiger partial charge in [0.1, 0.15) is 54.1 Å². The normalized spacial score (nSPS) is 13.5. The van der Waals surface area contributed by atoms with Crippen molar-refractivity contribution in [3.63, 3.8) is 0 Å². The number of rotatable bonds is 52. The first-order valence-electron chi connectivity index (χ1n) is 32.4. The summed E-state index contributed by atoms with van der Waals surface area (Å²) in [6.07, 6.45) is 0.0851. The maximum Gasteiger partial charge on any atom is 0.326 e. The number of amides is 10. The maximum absolute atomic E-state index is 14.7. The molecule has 0 aliphatic rings. The quantitative estimate of drug-likeness (QED) is 0.0164. The van der Waals surface area contributed by atoms with Crippen LogP contribution in [0.4, 0.5) is 0 Å². The van der Waals surface area contributed by atoms with Gasteiger partial charge in [0.15, 0.2) is 29.8 Å². The third-order valence-electron chi connectivity index (χ3n) is 14.7. The first-order chi connectivity index (χ1) is 46.9. The van der Waals surface area contributed by atoms with Gasteiger partial charge in [-0.05, 0) is 140 Å². The number of carbonyl (C=O) groups is 11. The molecule has 39 N–H and O–H groups in total. The van der Waals surface area contributed by atoms with Crippen LogP contribution >= 0.6 is 0 Å². The van der Waals surface area contributed by atoms with Crippen LogP contribution in [0.1, 0.15) is 121 Å². The second-order valence-corrected chi connectivity index (χ2v) is 23.1. The van der Waals surface area contributed by atoms with Crippen molar-refractivity contribution in [1.29, 1.82) is 27.0 Å². The Kier molecular flexibility index (Phi) is 42.8. The molecule has 0 aromatic heterocycles. The zero-order chi connectivity index (χ0) is 74.4. The summed E-state index contributed by atoms with van der Waals surface area (Å²) in [7, 11) is 0. The molecule has 0 radical (unpaired) electrons. The number of aromatic hydroxyl groups is 1. The summed E-state index contributed by atoms with van der Waals surface area (Å²) in [5, 5.41) is 93.0. The molecular formula is C58H106N28O13. The summed E-state index contributed by atoms with van der Waals surface area (Å²) in [4.78, 5) is 151. The van der Waals surface area contributed by atoms with Crippen LogP contribution in [-0.4, -0.2) is 212 Å². The van der Waals surface area contributed by atoms with Crippen LogP contribution in [0, 0.1) is 27.0 Å². The predicted octanol–water partition coefficient (Wildman–Crippen LogP) is -8.82.